The Balaban J connectivity index is 1.22. The minimum Gasteiger partial charge on any atom is -0.398 e. The van der Waals surface area contributed by atoms with Crippen LogP contribution in [0.4, 0.5) is 11.4 Å². The molecule has 0 aromatic heterocycles. The first-order chi connectivity index (χ1) is 17.1. The van der Waals surface area contributed by atoms with Crippen LogP contribution in [-0.4, -0.2) is 62.0 Å². The fraction of sp³-hybridized carbons (Fsp3) is 0.286. The van der Waals surface area contributed by atoms with Gasteiger partial charge in [0.15, 0.2) is 0 Å². The van der Waals surface area contributed by atoms with E-state index in [2.05, 4.69) is 27.2 Å². The summed E-state index contributed by atoms with van der Waals surface area (Å²) in [5.74, 6) is -0.189. The Kier molecular flexibility index (Phi) is 6.79. The van der Waals surface area contributed by atoms with Gasteiger partial charge < -0.3 is 20.7 Å². The topological polar surface area (TPSA) is 94.7 Å². The lowest BCUT2D eigenvalue weighted by molar-refractivity contribution is 0.0105. The highest BCUT2D eigenvalue weighted by Gasteiger charge is 2.32. The molecular weight excluding hydrogens is 438 g/mol. The van der Waals surface area contributed by atoms with Gasteiger partial charge in [-0.15, -0.1) is 0 Å². The maximum Gasteiger partial charge on any atom is 0.251 e. The SMILES string of the molecule is N=C(c1ccc(N2CC(N3CCOCC3)C2)cc1)c1cc(C(=O)NCc2ccccc2)ccc1N. The smallest absolute Gasteiger partial charge is 0.251 e. The number of benzene rings is 3. The third kappa shape index (κ3) is 5.21. The third-order valence-corrected chi connectivity index (χ3v) is 6.83. The van der Waals surface area contributed by atoms with E-state index in [1.807, 2.05) is 42.5 Å². The van der Waals surface area contributed by atoms with Crippen LogP contribution >= 0.6 is 0 Å². The normalized spacial score (nSPS) is 16.5. The predicted octanol–water partition coefficient (Wildman–Crippen LogP) is 3.14. The summed E-state index contributed by atoms with van der Waals surface area (Å²) >= 11 is 0. The lowest BCUT2D eigenvalue weighted by Crippen LogP contribution is -2.61. The van der Waals surface area contributed by atoms with E-state index in [1.54, 1.807) is 18.2 Å². The van der Waals surface area contributed by atoms with Gasteiger partial charge in [-0.25, -0.2) is 0 Å². The van der Waals surface area contributed by atoms with E-state index >= 15 is 0 Å². The fourth-order valence-electron chi connectivity index (χ4n) is 4.63. The lowest BCUT2D eigenvalue weighted by atomic mass is 9.97. The molecule has 2 heterocycles. The number of amides is 1. The molecular formula is C28H31N5O2. The molecule has 7 heteroatoms. The molecule has 2 saturated heterocycles. The number of hydrogen-bond donors (Lipinski definition) is 3. The van der Waals surface area contributed by atoms with Crippen LogP contribution < -0.4 is 16.0 Å². The Labute approximate surface area is 206 Å². The molecule has 0 spiro atoms. The summed E-state index contributed by atoms with van der Waals surface area (Å²) in [5, 5.41) is 11.7. The summed E-state index contributed by atoms with van der Waals surface area (Å²) < 4.78 is 5.45. The Bertz CT molecular complexity index is 1180. The minimum atomic E-state index is -0.189. The van der Waals surface area contributed by atoms with Crippen LogP contribution in [0.5, 0.6) is 0 Å². The van der Waals surface area contributed by atoms with Gasteiger partial charge in [-0.3, -0.25) is 15.1 Å². The van der Waals surface area contributed by atoms with Crippen molar-refractivity contribution in [2.75, 3.05) is 50.0 Å². The van der Waals surface area contributed by atoms with E-state index in [0.717, 1.165) is 56.2 Å². The molecule has 1 amide bonds. The maximum absolute atomic E-state index is 12.7. The summed E-state index contributed by atoms with van der Waals surface area (Å²) in [7, 11) is 0. The van der Waals surface area contributed by atoms with Crippen molar-refractivity contribution in [2.45, 2.75) is 12.6 Å². The molecule has 0 bridgehead atoms. The summed E-state index contributed by atoms with van der Waals surface area (Å²) in [6.07, 6.45) is 0. The Morgan fingerprint density at radius 2 is 1.66 bits per heavy atom. The maximum atomic E-state index is 12.7. The van der Waals surface area contributed by atoms with Crippen LogP contribution in [0.25, 0.3) is 0 Å². The predicted molar refractivity (Wildman–Crippen MR) is 139 cm³/mol. The average molecular weight is 470 g/mol. The Hall–Kier alpha value is -3.68. The van der Waals surface area contributed by atoms with Crippen molar-refractivity contribution in [1.29, 1.82) is 5.41 Å². The largest absolute Gasteiger partial charge is 0.398 e. The average Bonchev–Trinajstić information content (AvgIpc) is 2.88. The van der Waals surface area contributed by atoms with Crippen LogP contribution in [0.1, 0.15) is 27.0 Å². The summed E-state index contributed by atoms with van der Waals surface area (Å²) in [5.41, 5.74) is 11.0. The van der Waals surface area contributed by atoms with Crippen LogP contribution in [0.3, 0.4) is 0 Å². The first-order valence-corrected chi connectivity index (χ1v) is 12.1. The first-order valence-electron chi connectivity index (χ1n) is 12.1. The number of ether oxygens (including phenoxy) is 1. The summed E-state index contributed by atoms with van der Waals surface area (Å²) in [6.45, 7) is 6.16. The van der Waals surface area contributed by atoms with Gasteiger partial charge in [-0.1, -0.05) is 42.5 Å². The van der Waals surface area contributed by atoms with Crippen molar-refractivity contribution in [3.63, 3.8) is 0 Å². The van der Waals surface area contributed by atoms with Gasteiger partial charge in [0, 0.05) is 66.8 Å². The molecule has 35 heavy (non-hydrogen) atoms. The first kappa shape index (κ1) is 23.1. The standard InChI is InChI=1S/C28H31N5O2/c29-26-11-8-22(28(34)31-17-20-4-2-1-3-5-20)16-25(26)27(30)21-6-9-23(10-7-21)33-18-24(19-33)32-12-14-35-15-13-32/h1-11,16,24,30H,12-15,17-19,29H2,(H,31,34). The van der Waals surface area contributed by atoms with Gasteiger partial charge in [0.25, 0.3) is 5.91 Å². The van der Waals surface area contributed by atoms with Crippen LogP contribution in [0, 0.1) is 5.41 Å². The molecule has 0 aliphatic carbocycles. The number of nitrogens with zero attached hydrogens (tertiary/aromatic N) is 2. The van der Waals surface area contributed by atoms with Gasteiger partial charge in [0.05, 0.1) is 18.9 Å². The number of carbonyl (C=O) groups is 1. The quantitative estimate of drug-likeness (QED) is 0.365. The Morgan fingerprint density at radius 1 is 0.971 bits per heavy atom. The number of rotatable bonds is 7. The van der Waals surface area contributed by atoms with Crippen molar-refractivity contribution in [3.05, 3.63) is 95.1 Å². The number of nitrogens with two attached hydrogens (primary N) is 1. The lowest BCUT2D eigenvalue weighted by Gasteiger charge is -2.47. The molecule has 0 unspecified atom stereocenters. The van der Waals surface area contributed by atoms with Crippen LogP contribution in [0.2, 0.25) is 0 Å². The van der Waals surface area contributed by atoms with Gasteiger partial charge in [0.1, 0.15) is 0 Å². The molecule has 0 saturated carbocycles. The molecule has 0 atom stereocenters. The van der Waals surface area contributed by atoms with E-state index in [-0.39, 0.29) is 5.91 Å². The van der Waals surface area contributed by atoms with Crippen LogP contribution in [0.15, 0.2) is 72.8 Å². The van der Waals surface area contributed by atoms with E-state index in [0.29, 0.717) is 35.1 Å². The molecule has 4 N–H and O–H groups in total. The number of nitrogens with one attached hydrogen (secondary N) is 2. The second-order valence-corrected chi connectivity index (χ2v) is 9.10. The van der Waals surface area contributed by atoms with Gasteiger partial charge in [-0.2, -0.15) is 0 Å². The highest BCUT2D eigenvalue weighted by atomic mass is 16.5. The number of hydrogen-bond acceptors (Lipinski definition) is 6. The van der Waals surface area contributed by atoms with E-state index in [9.17, 15) is 4.79 Å². The van der Waals surface area contributed by atoms with Crippen molar-refractivity contribution in [3.8, 4) is 0 Å². The number of carbonyl (C=O) groups excluding carboxylic acids is 1. The summed E-state index contributed by atoms with van der Waals surface area (Å²) in [6, 6.07) is 23.5. The van der Waals surface area contributed by atoms with E-state index in [4.69, 9.17) is 15.9 Å². The van der Waals surface area contributed by atoms with Crippen molar-refractivity contribution >= 4 is 23.0 Å². The van der Waals surface area contributed by atoms with Gasteiger partial charge >= 0.3 is 0 Å². The van der Waals surface area contributed by atoms with Gasteiger partial charge in [0.2, 0.25) is 0 Å². The molecule has 2 aliphatic rings. The zero-order valence-electron chi connectivity index (χ0n) is 19.7. The second-order valence-electron chi connectivity index (χ2n) is 9.10. The molecule has 2 fully saturated rings. The van der Waals surface area contributed by atoms with Crippen molar-refractivity contribution in [2.24, 2.45) is 0 Å². The Morgan fingerprint density at radius 3 is 2.37 bits per heavy atom. The molecule has 5 rings (SSSR count). The number of morpholine rings is 1. The number of nitrogen functional groups attached to an aromatic ring is 1. The fourth-order valence-corrected chi connectivity index (χ4v) is 4.63. The monoisotopic (exact) mass is 469 g/mol. The number of anilines is 2. The van der Waals surface area contributed by atoms with E-state index in [1.165, 1.54) is 0 Å². The molecule has 3 aromatic rings. The van der Waals surface area contributed by atoms with Crippen molar-refractivity contribution in [1.82, 2.24) is 10.2 Å². The molecule has 0 radical (unpaired) electrons. The van der Waals surface area contributed by atoms with E-state index < -0.39 is 0 Å². The highest BCUT2D eigenvalue weighted by molar-refractivity contribution is 6.15. The van der Waals surface area contributed by atoms with Crippen LogP contribution in [-0.2, 0) is 11.3 Å². The van der Waals surface area contributed by atoms with Crippen molar-refractivity contribution < 1.29 is 9.53 Å². The molecule has 180 valence electrons. The third-order valence-electron chi connectivity index (χ3n) is 6.83. The van der Waals surface area contributed by atoms with Gasteiger partial charge in [-0.05, 0) is 35.9 Å². The second kappa shape index (κ2) is 10.3. The minimum absolute atomic E-state index is 0.189. The highest BCUT2D eigenvalue weighted by Crippen LogP contribution is 2.26. The molecule has 2 aliphatic heterocycles. The zero-order chi connectivity index (χ0) is 24.2. The molecule has 7 nitrogen and oxygen atoms in total. The zero-order valence-corrected chi connectivity index (χ0v) is 19.7. The molecule has 3 aromatic carbocycles. The summed E-state index contributed by atoms with van der Waals surface area (Å²) in [4.78, 5) is 17.6.